The first-order valence-corrected chi connectivity index (χ1v) is 13.8. The quantitative estimate of drug-likeness (QED) is 0.403. The van der Waals surface area contributed by atoms with Crippen molar-refractivity contribution in [3.8, 4) is 0 Å². The van der Waals surface area contributed by atoms with E-state index in [2.05, 4.69) is 5.32 Å². The van der Waals surface area contributed by atoms with Crippen molar-refractivity contribution < 1.29 is 18.0 Å². The number of carbonyl (C=O) groups is 2. The number of aryl methyl sites for hydroxylation is 2. The van der Waals surface area contributed by atoms with Crippen LogP contribution in [0.15, 0.2) is 77.7 Å². The van der Waals surface area contributed by atoms with Crippen LogP contribution in [0.25, 0.3) is 0 Å². The number of carbonyl (C=O) groups excluding carboxylic acids is 2. The third-order valence-corrected chi connectivity index (χ3v) is 8.04. The van der Waals surface area contributed by atoms with Gasteiger partial charge in [-0.2, -0.15) is 0 Å². The summed E-state index contributed by atoms with van der Waals surface area (Å²) in [4.78, 5) is 28.0. The SMILES string of the molecule is CCNC(=O)C(C)N(Cc1cccc(Cl)c1)C(=O)CN(c1ccccc1C)S(=O)(=O)c1ccc(C)cc1. The van der Waals surface area contributed by atoms with Gasteiger partial charge in [0, 0.05) is 18.1 Å². The van der Waals surface area contributed by atoms with E-state index in [0.717, 1.165) is 15.4 Å². The van der Waals surface area contributed by atoms with Crippen molar-refractivity contribution in [3.63, 3.8) is 0 Å². The van der Waals surface area contributed by atoms with Gasteiger partial charge in [-0.15, -0.1) is 0 Å². The largest absolute Gasteiger partial charge is 0.355 e. The third-order valence-electron chi connectivity index (χ3n) is 6.03. The zero-order valence-corrected chi connectivity index (χ0v) is 23.0. The van der Waals surface area contributed by atoms with Crippen LogP contribution >= 0.6 is 11.6 Å². The van der Waals surface area contributed by atoms with Crippen molar-refractivity contribution in [2.24, 2.45) is 0 Å². The van der Waals surface area contributed by atoms with Crippen LogP contribution < -0.4 is 9.62 Å². The Kier molecular flexibility index (Phi) is 9.34. The third kappa shape index (κ3) is 6.90. The van der Waals surface area contributed by atoms with Crippen molar-refractivity contribution in [2.45, 2.75) is 45.2 Å². The highest BCUT2D eigenvalue weighted by molar-refractivity contribution is 7.92. The molecule has 0 heterocycles. The Morgan fingerprint density at radius 3 is 2.27 bits per heavy atom. The minimum absolute atomic E-state index is 0.0762. The number of para-hydroxylation sites is 1. The second-order valence-corrected chi connectivity index (χ2v) is 11.1. The van der Waals surface area contributed by atoms with E-state index in [0.29, 0.717) is 22.8 Å². The molecule has 1 unspecified atom stereocenters. The molecule has 0 aliphatic carbocycles. The summed E-state index contributed by atoms with van der Waals surface area (Å²) in [6, 6.07) is 19.6. The van der Waals surface area contributed by atoms with Gasteiger partial charge in [-0.25, -0.2) is 8.42 Å². The summed E-state index contributed by atoms with van der Waals surface area (Å²) in [5.74, 6) is -0.848. The number of benzene rings is 3. The first-order valence-electron chi connectivity index (χ1n) is 12.0. The summed E-state index contributed by atoms with van der Waals surface area (Å²) in [6.07, 6.45) is 0. The van der Waals surface area contributed by atoms with Crippen LogP contribution in [0.5, 0.6) is 0 Å². The van der Waals surface area contributed by atoms with Crippen LogP contribution in [0.1, 0.15) is 30.5 Å². The van der Waals surface area contributed by atoms with E-state index >= 15 is 0 Å². The van der Waals surface area contributed by atoms with Crippen molar-refractivity contribution in [1.29, 1.82) is 0 Å². The highest BCUT2D eigenvalue weighted by Gasteiger charge is 2.33. The first-order chi connectivity index (χ1) is 17.5. The second kappa shape index (κ2) is 12.3. The molecule has 0 radical (unpaired) electrons. The summed E-state index contributed by atoms with van der Waals surface area (Å²) in [5.41, 5.74) is 2.73. The molecule has 0 spiro atoms. The summed E-state index contributed by atoms with van der Waals surface area (Å²) in [5, 5.41) is 3.24. The maximum absolute atomic E-state index is 13.8. The number of rotatable bonds is 10. The van der Waals surface area contributed by atoms with Gasteiger partial charge >= 0.3 is 0 Å². The van der Waals surface area contributed by atoms with Gasteiger partial charge in [0.25, 0.3) is 10.0 Å². The number of hydrogen-bond donors (Lipinski definition) is 1. The Balaban J connectivity index is 2.04. The molecule has 2 amide bonds. The molecule has 3 aromatic rings. The summed E-state index contributed by atoms with van der Waals surface area (Å²) >= 11 is 6.15. The number of nitrogens with one attached hydrogen (secondary N) is 1. The molecular weight excluding hydrogens is 510 g/mol. The molecule has 0 saturated carbocycles. The summed E-state index contributed by atoms with van der Waals surface area (Å²) in [6.45, 7) is 7.09. The lowest BCUT2D eigenvalue weighted by molar-refractivity contribution is -0.139. The molecule has 0 aliphatic rings. The molecule has 7 nitrogen and oxygen atoms in total. The second-order valence-electron chi connectivity index (χ2n) is 8.83. The average molecular weight is 542 g/mol. The number of likely N-dealkylation sites (N-methyl/N-ethyl adjacent to an activating group) is 1. The van der Waals surface area contributed by atoms with Crippen molar-refractivity contribution in [1.82, 2.24) is 10.2 Å². The summed E-state index contributed by atoms with van der Waals surface area (Å²) in [7, 11) is -4.09. The van der Waals surface area contributed by atoms with E-state index < -0.39 is 28.5 Å². The Morgan fingerprint density at radius 2 is 1.65 bits per heavy atom. The Labute approximate surface area is 224 Å². The molecule has 3 aromatic carbocycles. The van der Waals surface area contributed by atoms with E-state index in [1.54, 1.807) is 81.4 Å². The lowest BCUT2D eigenvalue weighted by Gasteiger charge is -2.32. The molecule has 196 valence electrons. The number of sulfonamides is 1. The lowest BCUT2D eigenvalue weighted by atomic mass is 10.1. The molecule has 37 heavy (non-hydrogen) atoms. The number of nitrogens with zero attached hydrogens (tertiary/aromatic N) is 2. The van der Waals surface area contributed by atoms with E-state index in [4.69, 9.17) is 11.6 Å². The molecule has 3 rings (SSSR count). The predicted octanol–water partition coefficient (Wildman–Crippen LogP) is 4.71. The van der Waals surface area contributed by atoms with Gasteiger partial charge in [0.1, 0.15) is 12.6 Å². The van der Waals surface area contributed by atoms with Crippen LogP contribution in [0.4, 0.5) is 5.69 Å². The number of hydrogen-bond acceptors (Lipinski definition) is 4. The summed E-state index contributed by atoms with van der Waals surface area (Å²) < 4.78 is 28.8. The van der Waals surface area contributed by atoms with Gasteiger partial charge in [0.2, 0.25) is 11.8 Å². The van der Waals surface area contributed by atoms with Gasteiger partial charge in [-0.1, -0.05) is 59.6 Å². The van der Waals surface area contributed by atoms with E-state index in [-0.39, 0.29) is 17.3 Å². The number of anilines is 1. The number of amides is 2. The van der Waals surface area contributed by atoms with Gasteiger partial charge in [-0.3, -0.25) is 13.9 Å². The van der Waals surface area contributed by atoms with E-state index in [9.17, 15) is 18.0 Å². The van der Waals surface area contributed by atoms with Crippen LogP contribution in [0, 0.1) is 13.8 Å². The first kappa shape index (κ1) is 28.2. The van der Waals surface area contributed by atoms with Gasteiger partial charge in [0.05, 0.1) is 10.6 Å². The standard InChI is InChI=1S/C28H32ClN3O4S/c1-5-30-28(34)22(4)31(18-23-10-8-11-24(29)17-23)27(33)19-32(26-12-7-6-9-21(26)3)37(35,36)25-15-13-20(2)14-16-25/h6-17,22H,5,18-19H2,1-4H3,(H,30,34). The van der Waals surface area contributed by atoms with Gasteiger partial charge in [-0.05, 0) is 69.2 Å². The minimum Gasteiger partial charge on any atom is -0.355 e. The average Bonchev–Trinajstić information content (AvgIpc) is 2.86. The molecule has 0 saturated heterocycles. The maximum atomic E-state index is 13.8. The normalized spacial score (nSPS) is 12.0. The van der Waals surface area contributed by atoms with Crippen LogP contribution in [-0.4, -0.2) is 44.3 Å². The molecule has 9 heteroatoms. The van der Waals surface area contributed by atoms with Crippen molar-refractivity contribution in [3.05, 3.63) is 94.5 Å². The molecule has 0 aromatic heterocycles. The fraction of sp³-hybridized carbons (Fsp3) is 0.286. The minimum atomic E-state index is -4.09. The van der Waals surface area contributed by atoms with Crippen molar-refractivity contribution in [2.75, 3.05) is 17.4 Å². The molecule has 0 aliphatic heterocycles. The molecule has 1 atom stereocenters. The Hall–Kier alpha value is -3.36. The fourth-order valence-corrected chi connectivity index (χ4v) is 5.62. The Bertz CT molecular complexity index is 1360. The highest BCUT2D eigenvalue weighted by atomic mass is 35.5. The van der Waals surface area contributed by atoms with Gasteiger partial charge < -0.3 is 10.2 Å². The predicted molar refractivity (Wildman–Crippen MR) is 147 cm³/mol. The Morgan fingerprint density at radius 1 is 0.973 bits per heavy atom. The zero-order chi connectivity index (χ0) is 27.2. The lowest BCUT2D eigenvalue weighted by Crippen LogP contribution is -2.51. The van der Waals surface area contributed by atoms with E-state index in [1.807, 2.05) is 6.92 Å². The van der Waals surface area contributed by atoms with E-state index in [1.165, 1.54) is 17.0 Å². The van der Waals surface area contributed by atoms with Gasteiger partial charge in [0.15, 0.2) is 0 Å². The molecule has 1 N–H and O–H groups in total. The molecular formula is C28H32ClN3O4S. The van der Waals surface area contributed by atoms with Crippen LogP contribution in [0.2, 0.25) is 5.02 Å². The fourth-order valence-electron chi connectivity index (χ4n) is 3.93. The highest BCUT2D eigenvalue weighted by Crippen LogP contribution is 2.27. The topological polar surface area (TPSA) is 86.8 Å². The zero-order valence-electron chi connectivity index (χ0n) is 21.4. The molecule has 0 bridgehead atoms. The monoisotopic (exact) mass is 541 g/mol. The maximum Gasteiger partial charge on any atom is 0.264 e. The van der Waals surface area contributed by atoms with Crippen LogP contribution in [0.3, 0.4) is 0 Å². The number of halogens is 1. The smallest absolute Gasteiger partial charge is 0.264 e. The van der Waals surface area contributed by atoms with Crippen LogP contribution in [-0.2, 0) is 26.2 Å². The van der Waals surface area contributed by atoms with Crippen molar-refractivity contribution >= 4 is 39.1 Å². The molecule has 0 fully saturated rings.